The minimum atomic E-state index is -0.723. The number of quaternary nitrogens is 2. The highest BCUT2D eigenvalue weighted by Gasteiger charge is 2.68. The zero-order valence-electron chi connectivity index (χ0n) is 13.2. The van der Waals surface area contributed by atoms with E-state index in [1.165, 1.54) is 0 Å². The Bertz CT molecular complexity index is 730. The van der Waals surface area contributed by atoms with Gasteiger partial charge in [0.05, 0.1) is 0 Å². The van der Waals surface area contributed by atoms with Crippen molar-refractivity contribution in [2.45, 2.75) is 12.3 Å². The highest BCUT2D eigenvalue weighted by molar-refractivity contribution is 6.24. The predicted molar refractivity (Wildman–Crippen MR) is 87.9 cm³/mol. The number of halogens is 4. The molecule has 10 heteroatoms. The van der Waals surface area contributed by atoms with Crippen molar-refractivity contribution in [2.75, 3.05) is 0 Å². The molecule has 2 aliphatic heterocycles. The second-order valence-electron chi connectivity index (χ2n) is 5.68. The summed E-state index contributed by atoms with van der Waals surface area (Å²) in [5, 5.41) is 0. The van der Waals surface area contributed by atoms with Crippen LogP contribution in [0.1, 0.15) is 0 Å². The van der Waals surface area contributed by atoms with Crippen LogP contribution in [0.2, 0.25) is 0 Å². The molecule has 138 valence electrons. The number of hydrogen-bond acceptors (Lipinski definition) is 2. The normalized spacial score (nSPS) is 27.0. The van der Waals surface area contributed by atoms with Gasteiger partial charge in [-0.15, -0.1) is 0 Å². The van der Waals surface area contributed by atoms with Crippen molar-refractivity contribution in [3.63, 3.8) is 0 Å². The van der Waals surface area contributed by atoms with E-state index < -0.39 is 12.3 Å². The van der Waals surface area contributed by atoms with E-state index in [1.807, 2.05) is 60.7 Å². The van der Waals surface area contributed by atoms with Gasteiger partial charge in [-0.1, -0.05) is 36.4 Å². The summed E-state index contributed by atoms with van der Waals surface area (Å²) in [7, 11) is 0. The van der Waals surface area contributed by atoms with Crippen LogP contribution in [-0.4, -0.2) is 33.2 Å². The lowest BCUT2D eigenvalue weighted by atomic mass is 10.2. The van der Waals surface area contributed by atoms with Crippen molar-refractivity contribution in [3.8, 4) is 0 Å². The van der Waals surface area contributed by atoms with Gasteiger partial charge in [0, 0.05) is 23.6 Å². The molecule has 0 radical (unpaired) electrons. The number of nitrogens with zero attached hydrogens (tertiary/aromatic N) is 2. The van der Waals surface area contributed by atoms with Gasteiger partial charge in [-0.2, -0.15) is 18.6 Å². The van der Waals surface area contributed by atoms with E-state index >= 15 is 0 Å². The summed E-state index contributed by atoms with van der Waals surface area (Å²) in [5.41, 5.74) is 1.49. The Morgan fingerprint density at radius 3 is 1.38 bits per heavy atom. The summed E-state index contributed by atoms with van der Waals surface area (Å²) in [4.78, 5) is 26.4. The molecular formula is C16H14Cl4N4O2. The molecule has 2 unspecified atom stereocenters. The first-order valence-corrected chi connectivity index (χ1v) is 8.12. The number of carbonyl (C=O) groups excluding carboxylic acids is 2. The van der Waals surface area contributed by atoms with Crippen molar-refractivity contribution in [1.82, 2.24) is 8.84 Å². The average molecular weight is 436 g/mol. The van der Waals surface area contributed by atoms with Crippen molar-refractivity contribution in [2.24, 2.45) is 0 Å². The van der Waals surface area contributed by atoms with E-state index in [0.717, 1.165) is 20.2 Å². The Morgan fingerprint density at radius 1 is 0.692 bits per heavy atom. The van der Waals surface area contributed by atoms with Crippen LogP contribution in [0.4, 0.5) is 21.0 Å². The maximum atomic E-state index is 12.7. The fourth-order valence-electron chi connectivity index (χ4n) is 3.37. The summed E-state index contributed by atoms with van der Waals surface area (Å²) in [6, 6.07) is 17.8. The Kier molecular flexibility index (Phi) is 6.39. The third-order valence-corrected chi connectivity index (χ3v) is 5.11. The molecule has 2 saturated heterocycles. The molecule has 0 spiro atoms. The smallest absolute Gasteiger partial charge is 0.444 e. The lowest BCUT2D eigenvalue weighted by Gasteiger charge is -2.19. The first-order valence-electron chi connectivity index (χ1n) is 7.44. The molecule has 0 aromatic heterocycles. The summed E-state index contributed by atoms with van der Waals surface area (Å²) in [6.07, 6.45) is -1.22. The highest BCUT2D eigenvalue weighted by atomic mass is 35.5. The minimum absolute atomic E-state index is 0. The lowest BCUT2D eigenvalue weighted by Crippen LogP contribution is -3.31. The van der Waals surface area contributed by atoms with Gasteiger partial charge in [0.2, 0.25) is 0 Å². The average Bonchev–Trinajstić information content (AvgIpc) is 3.02. The zero-order valence-corrected chi connectivity index (χ0v) is 16.2. The van der Waals surface area contributed by atoms with Crippen molar-refractivity contribution in [1.29, 1.82) is 0 Å². The van der Waals surface area contributed by atoms with E-state index in [9.17, 15) is 9.59 Å². The van der Waals surface area contributed by atoms with Gasteiger partial charge >= 0.3 is 12.1 Å². The molecule has 4 rings (SSSR count). The summed E-state index contributed by atoms with van der Waals surface area (Å²) in [5.74, 6) is 0. The largest absolute Gasteiger partial charge is 1.00 e. The quantitative estimate of drug-likeness (QED) is 0.465. The van der Waals surface area contributed by atoms with Crippen LogP contribution in [0.25, 0.3) is 0 Å². The fourth-order valence-corrected chi connectivity index (χ4v) is 4.00. The number of para-hydroxylation sites is 2. The second-order valence-corrected chi connectivity index (χ2v) is 6.41. The van der Waals surface area contributed by atoms with E-state index in [1.54, 1.807) is 0 Å². The number of fused-ring (bicyclic) bond motifs is 1. The number of urea groups is 2. The first-order chi connectivity index (χ1) is 11.6. The second kappa shape index (κ2) is 8.00. The standard InChI is InChI=1S/C16H12Cl2N4O2.2ClH/c17-21-14-13(19(15(21)23)11-7-3-1-4-8-11)20(16(24)22(14)18)12-9-5-2-6-10-12;;/h1-10,13-14H;2*1H. The predicted octanol–water partition coefficient (Wildman–Crippen LogP) is -4.74. The molecule has 4 amide bonds. The Balaban J connectivity index is 0.00000121. The van der Waals surface area contributed by atoms with Crippen LogP contribution >= 0.6 is 23.6 Å². The molecule has 26 heavy (non-hydrogen) atoms. The van der Waals surface area contributed by atoms with Gasteiger partial charge in [0.1, 0.15) is 11.4 Å². The monoisotopic (exact) mass is 434 g/mol. The maximum absolute atomic E-state index is 12.7. The molecule has 2 aliphatic rings. The number of carbonyl (C=O) groups is 2. The van der Waals surface area contributed by atoms with Crippen molar-refractivity contribution in [3.05, 3.63) is 60.7 Å². The van der Waals surface area contributed by atoms with Gasteiger partial charge in [-0.05, 0) is 24.3 Å². The first kappa shape index (κ1) is 20.8. The number of nitrogens with one attached hydrogen (secondary N) is 2. The molecule has 0 aliphatic carbocycles. The number of amides is 4. The van der Waals surface area contributed by atoms with Crippen LogP contribution in [-0.2, 0) is 0 Å². The topological polar surface area (TPSA) is 49.5 Å². The zero-order chi connectivity index (χ0) is 16.8. The fraction of sp³-hybridized carbons (Fsp3) is 0.125. The number of rotatable bonds is 2. The van der Waals surface area contributed by atoms with Gasteiger partial charge < -0.3 is 24.8 Å². The minimum Gasteiger partial charge on any atom is -1.00 e. The van der Waals surface area contributed by atoms with Crippen LogP contribution in [0.15, 0.2) is 60.7 Å². The van der Waals surface area contributed by atoms with Crippen LogP contribution in [0, 0.1) is 0 Å². The molecule has 6 nitrogen and oxygen atoms in total. The van der Waals surface area contributed by atoms with E-state index in [2.05, 4.69) is 0 Å². The molecule has 2 aromatic rings. The van der Waals surface area contributed by atoms with Gasteiger partial charge in [-0.3, -0.25) is 0 Å². The van der Waals surface area contributed by atoms with E-state index in [4.69, 9.17) is 23.6 Å². The molecule has 0 bridgehead atoms. The Labute approximate surface area is 172 Å². The van der Waals surface area contributed by atoms with Crippen LogP contribution < -0.4 is 34.6 Å². The molecule has 2 heterocycles. The molecule has 2 fully saturated rings. The van der Waals surface area contributed by atoms with E-state index in [0.29, 0.717) is 9.80 Å². The summed E-state index contributed by atoms with van der Waals surface area (Å²) >= 11 is 12.4. The highest BCUT2D eigenvalue weighted by Crippen LogP contribution is 2.24. The maximum Gasteiger partial charge on any atom is 0.444 e. The van der Waals surface area contributed by atoms with Crippen LogP contribution in [0.3, 0.4) is 0 Å². The van der Waals surface area contributed by atoms with Gasteiger partial charge in [-0.25, -0.2) is 9.59 Å². The molecule has 2 atom stereocenters. The third kappa shape index (κ3) is 3.03. The molecule has 2 aromatic carbocycles. The van der Waals surface area contributed by atoms with E-state index in [-0.39, 0.29) is 36.9 Å². The van der Waals surface area contributed by atoms with Crippen molar-refractivity contribution >= 4 is 47.0 Å². The van der Waals surface area contributed by atoms with Gasteiger partial charge in [0.25, 0.3) is 12.3 Å². The Hall–Kier alpha value is -1.54. The summed E-state index contributed by atoms with van der Waals surface area (Å²) in [6.45, 7) is 0. The Morgan fingerprint density at radius 2 is 1.04 bits per heavy atom. The molecular weight excluding hydrogens is 422 g/mol. The molecule has 0 saturated carbocycles. The van der Waals surface area contributed by atoms with Crippen LogP contribution in [0.5, 0.6) is 0 Å². The lowest BCUT2D eigenvalue weighted by molar-refractivity contribution is -0.972. The summed E-state index contributed by atoms with van der Waals surface area (Å²) < 4.78 is 2.04. The number of benzene rings is 2. The van der Waals surface area contributed by atoms with Gasteiger partial charge in [0.15, 0.2) is 0 Å². The number of hydrogen-bond donors (Lipinski definition) is 2. The SMILES string of the molecule is O=C1N(Cl)C2C([NH+]1c1ccccc1)[NH+](c1ccccc1)C(=O)N2Cl.[Cl-].[Cl-]. The van der Waals surface area contributed by atoms with Crippen molar-refractivity contribution < 1.29 is 44.2 Å². The third-order valence-electron chi connectivity index (χ3n) is 4.40. The molecule has 2 N–H and O–H groups in total.